The molecule has 0 bridgehead atoms. The lowest BCUT2D eigenvalue weighted by Gasteiger charge is -2.37. The zero-order valence-corrected chi connectivity index (χ0v) is 27.7. The molecule has 244 valence electrons. The summed E-state index contributed by atoms with van der Waals surface area (Å²) in [6, 6.07) is 20.6. The first-order valence-corrected chi connectivity index (χ1v) is 19.2. The number of rotatable bonds is 7. The molecule has 3 amide bonds. The summed E-state index contributed by atoms with van der Waals surface area (Å²) in [7, 11) is -2.99. The first kappa shape index (κ1) is 31.3. The highest BCUT2D eigenvalue weighted by molar-refractivity contribution is 6.71. The highest BCUT2D eigenvalue weighted by Crippen LogP contribution is 2.58. The van der Waals surface area contributed by atoms with Gasteiger partial charge in [-0.05, 0) is 60.5 Å². The van der Waals surface area contributed by atoms with Gasteiger partial charge >= 0.3 is 0 Å². The molecule has 5 atom stereocenters. The number of nitrogens with one attached hydrogen (secondary N) is 3. The average molecular weight is 653 g/mol. The summed E-state index contributed by atoms with van der Waals surface area (Å²) >= 11 is 0. The molecule has 0 radical (unpaired) electrons. The number of anilines is 2. The first-order chi connectivity index (χ1) is 22.5. The van der Waals surface area contributed by atoms with Gasteiger partial charge < -0.3 is 35.2 Å². The van der Waals surface area contributed by atoms with E-state index in [-0.39, 0.29) is 43.2 Å². The number of hydrogen-bond acceptors (Lipinski definition) is 6. The van der Waals surface area contributed by atoms with Crippen molar-refractivity contribution < 1.29 is 29.0 Å². The Kier molecular flexibility index (Phi) is 7.83. The van der Waals surface area contributed by atoms with Crippen LogP contribution in [0.2, 0.25) is 18.6 Å². The molecule has 3 aromatic carbocycles. The highest BCUT2D eigenvalue weighted by atomic mass is 28.4. The van der Waals surface area contributed by atoms with Crippen LogP contribution in [0.5, 0.6) is 0 Å². The van der Waals surface area contributed by atoms with E-state index >= 15 is 0 Å². The fourth-order valence-electron chi connectivity index (χ4n) is 8.16. The number of H-pyrrole nitrogens is 1. The van der Waals surface area contributed by atoms with Gasteiger partial charge in [0.1, 0.15) is 0 Å². The molecule has 47 heavy (non-hydrogen) atoms. The SMILES string of the molecule is C[C@@H]1[C@@H]([Si](C)(C)O)[C@H](CC(=O)N2Cc3ccccc3C[C@H]2CO)O[C@@]12C(=O)Nc1ccc(NC(=O)Cc3c[nH]c4ccccc34)cc12. The Labute approximate surface area is 274 Å². The van der Waals surface area contributed by atoms with E-state index in [4.69, 9.17) is 4.74 Å². The van der Waals surface area contributed by atoms with E-state index in [0.717, 1.165) is 27.6 Å². The van der Waals surface area contributed by atoms with Crippen LogP contribution in [0.3, 0.4) is 0 Å². The quantitative estimate of drug-likeness (QED) is 0.187. The van der Waals surface area contributed by atoms with Gasteiger partial charge in [-0.1, -0.05) is 49.4 Å². The minimum Gasteiger partial charge on any atom is -0.432 e. The lowest BCUT2D eigenvalue weighted by atomic mass is 9.82. The van der Waals surface area contributed by atoms with Crippen molar-refractivity contribution in [3.05, 3.63) is 95.2 Å². The molecule has 11 heteroatoms. The maximum atomic E-state index is 13.9. The molecule has 10 nitrogen and oxygen atoms in total. The summed E-state index contributed by atoms with van der Waals surface area (Å²) in [5.74, 6) is -1.19. The number of para-hydroxylation sites is 1. The number of benzene rings is 3. The topological polar surface area (TPSA) is 144 Å². The van der Waals surface area contributed by atoms with Crippen molar-refractivity contribution in [1.82, 2.24) is 9.88 Å². The van der Waals surface area contributed by atoms with Gasteiger partial charge in [0.25, 0.3) is 5.91 Å². The number of hydrogen-bond donors (Lipinski definition) is 5. The summed E-state index contributed by atoms with van der Waals surface area (Å²) in [6.45, 7) is 5.75. The number of aliphatic hydroxyl groups is 1. The molecule has 1 fully saturated rings. The van der Waals surface area contributed by atoms with Crippen molar-refractivity contribution in [2.75, 3.05) is 17.2 Å². The minimum absolute atomic E-state index is 0.0317. The van der Waals surface area contributed by atoms with Gasteiger partial charge in [0.15, 0.2) is 13.9 Å². The molecular formula is C36H40N4O6Si. The van der Waals surface area contributed by atoms with E-state index in [1.807, 2.05) is 74.7 Å². The van der Waals surface area contributed by atoms with E-state index in [9.17, 15) is 24.3 Å². The van der Waals surface area contributed by atoms with E-state index in [2.05, 4.69) is 15.6 Å². The monoisotopic (exact) mass is 652 g/mol. The third-order valence-corrected chi connectivity index (χ3v) is 12.8. The maximum absolute atomic E-state index is 13.9. The van der Waals surface area contributed by atoms with Crippen molar-refractivity contribution in [3.63, 3.8) is 0 Å². The molecule has 3 aliphatic rings. The smallest absolute Gasteiger partial charge is 0.261 e. The van der Waals surface area contributed by atoms with Crippen LogP contribution < -0.4 is 10.6 Å². The number of carbonyl (C=O) groups is 3. The summed E-state index contributed by atoms with van der Waals surface area (Å²) < 4.78 is 6.73. The maximum Gasteiger partial charge on any atom is 0.261 e. The van der Waals surface area contributed by atoms with Crippen LogP contribution in [0.1, 0.15) is 35.6 Å². The highest BCUT2D eigenvalue weighted by Gasteiger charge is 2.65. The third-order valence-electron chi connectivity index (χ3n) is 10.3. The van der Waals surface area contributed by atoms with Crippen LogP contribution in [0, 0.1) is 5.92 Å². The van der Waals surface area contributed by atoms with Crippen LogP contribution in [0.4, 0.5) is 11.4 Å². The van der Waals surface area contributed by atoms with Crippen molar-refractivity contribution in [1.29, 1.82) is 0 Å². The zero-order chi connectivity index (χ0) is 33.1. The number of ether oxygens (including phenoxy) is 1. The van der Waals surface area contributed by atoms with Gasteiger partial charge in [0, 0.05) is 52.0 Å². The van der Waals surface area contributed by atoms with Crippen molar-refractivity contribution >= 4 is 48.3 Å². The zero-order valence-electron chi connectivity index (χ0n) is 26.7. The fraction of sp³-hybridized carbons (Fsp3) is 0.361. The Bertz CT molecular complexity index is 1880. The Hall–Kier alpha value is -4.29. The molecule has 4 heterocycles. The molecule has 1 aromatic heterocycles. The number of carbonyl (C=O) groups excluding carboxylic acids is 3. The standard InChI is InChI=1S/C36H40N4O6Si/c1-21-34(47(2,3)45)31(17-33(43)40-19-23-9-5-4-8-22(23)14-26(40)20-41)46-36(21)28-16-25(12-13-30(28)39-35(36)44)38-32(42)15-24-18-37-29-11-7-6-10-27(24)29/h4-13,16,18,21,26,31,34,37,41,45H,14-15,17,19-20H2,1-3H3,(H,38,42)(H,39,44)/t21-,26+,31+,34-,36+/m1/s1. The number of fused-ring (bicyclic) bond motifs is 4. The molecule has 0 aliphatic carbocycles. The summed E-state index contributed by atoms with van der Waals surface area (Å²) in [6.07, 6.45) is 1.81. The number of nitrogens with zero attached hydrogens (tertiary/aromatic N) is 1. The number of aromatic amines is 1. The van der Waals surface area contributed by atoms with Gasteiger partial charge in [-0.15, -0.1) is 0 Å². The lowest BCUT2D eigenvalue weighted by Crippen LogP contribution is -2.48. The van der Waals surface area contributed by atoms with Crippen LogP contribution >= 0.6 is 0 Å². The van der Waals surface area contributed by atoms with Gasteiger partial charge in [-0.2, -0.15) is 0 Å². The van der Waals surface area contributed by atoms with Crippen LogP contribution in [0.25, 0.3) is 10.9 Å². The number of aliphatic hydroxyl groups excluding tert-OH is 1. The van der Waals surface area contributed by atoms with E-state index in [0.29, 0.717) is 29.9 Å². The van der Waals surface area contributed by atoms with Gasteiger partial charge in [0.2, 0.25) is 11.8 Å². The Morgan fingerprint density at radius 1 is 1.09 bits per heavy atom. The van der Waals surface area contributed by atoms with E-state index < -0.39 is 31.5 Å². The number of amides is 3. The summed E-state index contributed by atoms with van der Waals surface area (Å²) in [4.78, 5) is 57.4. The van der Waals surface area contributed by atoms with Crippen LogP contribution in [-0.2, 0) is 44.1 Å². The first-order valence-electron chi connectivity index (χ1n) is 16.2. The number of aromatic nitrogens is 1. The minimum atomic E-state index is -2.99. The predicted molar refractivity (Wildman–Crippen MR) is 181 cm³/mol. The molecule has 7 rings (SSSR count). The molecule has 4 aromatic rings. The Morgan fingerprint density at radius 2 is 1.83 bits per heavy atom. The van der Waals surface area contributed by atoms with Gasteiger partial charge in [0.05, 0.1) is 31.6 Å². The molecule has 3 aliphatic heterocycles. The third kappa shape index (κ3) is 5.37. The summed E-state index contributed by atoms with van der Waals surface area (Å²) in [5, 5.41) is 17.1. The molecule has 0 unspecified atom stereocenters. The van der Waals surface area contributed by atoms with Crippen molar-refractivity contribution in [2.45, 2.75) is 69.1 Å². The Morgan fingerprint density at radius 3 is 2.60 bits per heavy atom. The second kappa shape index (κ2) is 11.7. The van der Waals surface area contributed by atoms with Crippen LogP contribution in [0.15, 0.2) is 72.9 Å². The Balaban J connectivity index is 1.15. The van der Waals surface area contributed by atoms with Crippen molar-refractivity contribution in [2.24, 2.45) is 5.92 Å². The predicted octanol–water partition coefficient (Wildman–Crippen LogP) is 4.43. The molecule has 5 N–H and O–H groups in total. The second-order valence-corrected chi connectivity index (χ2v) is 17.7. The van der Waals surface area contributed by atoms with Gasteiger partial charge in [-0.3, -0.25) is 14.4 Å². The molecular weight excluding hydrogens is 613 g/mol. The van der Waals surface area contributed by atoms with Crippen molar-refractivity contribution in [3.8, 4) is 0 Å². The van der Waals surface area contributed by atoms with E-state index in [1.165, 1.54) is 0 Å². The normalized spacial score (nSPS) is 25.1. The van der Waals surface area contributed by atoms with Gasteiger partial charge in [-0.25, -0.2) is 0 Å². The van der Waals surface area contributed by atoms with E-state index in [1.54, 1.807) is 23.1 Å². The van der Waals surface area contributed by atoms with Crippen LogP contribution in [-0.4, -0.2) is 64.6 Å². The fourth-order valence-corrected chi connectivity index (χ4v) is 10.7. The largest absolute Gasteiger partial charge is 0.432 e. The second-order valence-electron chi connectivity index (χ2n) is 13.7. The molecule has 1 saturated heterocycles. The molecule has 1 spiro atoms. The summed E-state index contributed by atoms with van der Waals surface area (Å²) in [5.41, 5.74) is 3.80. The average Bonchev–Trinajstić information content (AvgIpc) is 3.67. The molecule has 0 saturated carbocycles. The lowest BCUT2D eigenvalue weighted by molar-refractivity contribution is -0.149.